The molecule has 1 N–H and O–H groups in total. The molecule has 2 rings (SSSR count). The van der Waals surface area contributed by atoms with Crippen molar-refractivity contribution in [2.24, 2.45) is 11.8 Å². The van der Waals surface area contributed by atoms with E-state index < -0.39 is 0 Å². The highest BCUT2D eigenvalue weighted by Crippen LogP contribution is 2.50. The van der Waals surface area contributed by atoms with Crippen LogP contribution >= 0.6 is 0 Å². The van der Waals surface area contributed by atoms with Crippen molar-refractivity contribution in [1.82, 2.24) is 0 Å². The first kappa shape index (κ1) is 5.69. The van der Waals surface area contributed by atoms with E-state index in [9.17, 15) is 0 Å². The average Bonchev–Trinajstić information content (AvgIpc) is 2.39. The third-order valence-electron chi connectivity index (χ3n) is 2.48. The number of hydrogen-bond acceptors (Lipinski definition) is 2. The molecule has 3 atom stereocenters. The van der Waals surface area contributed by atoms with Crippen LogP contribution in [0.25, 0.3) is 0 Å². The lowest BCUT2D eigenvalue weighted by molar-refractivity contribution is 0.130. The molecule has 0 amide bonds. The van der Waals surface area contributed by atoms with Gasteiger partial charge in [-0.25, -0.2) is 0 Å². The maximum Gasteiger partial charge on any atom is 0.0640 e. The summed E-state index contributed by atoms with van der Waals surface area (Å²) in [6, 6.07) is 0. The summed E-state index contributed by atoms with van der Waals surface area (Å²) in [4.78, 5) is 0. The van der Waals surface area contributed by atoms with Crippen LogP contribution in [0.15, 0.2) is 0 Å². The van der Waals surface area contributed by atoms with Crippen molar-refractivity contribution in [3.63, 3.8) is 0 Å². The molecule has 0 aromatic carbocycles. The highest BCUT2D eigenvalue weighted by molar-refractivity contribution is 5.01. The molecule has 1 saturated heterocycles. The number of hydrogen-bond donors (Lipinski definition) is 1. The van der Waals surface area contributed by atoms with Crippen LogP contribution in [0.3, 0.4) is 0 Å². The standard InChI is InChI=1S/C7H12O2/c8-3-1-5-6-2-4-9-7(5)6/h5-8H,1-4H2. The lowest BCUT2D eigenvalue weighted by Gasteiger charge is -1.98. The van der Waals surface area contributed by atoms with E-state index in [1.807, 2.05) is 0 Å². The van der Waals surface area contributed by atoms with Crippen LogP contribution in [0.2, 0.25) is 0 Å². The third kappa shape index (κ3) is 0.775. The van der Waals surface area contributed by atoms with E-state index in [-0.39, 0.29) is 0 Å². The number of rotatable bonds is 2. The number of ether oxygens (including phenoxy) is 1. The molecule has 2 fully saturated rings. The van der Waals surface area contributed by atoms with Crippen LogP contribution in [0.1, 0.15) is 12.8 Å². The second kappa shape index (κ2) is 1.96. The first-order valence-corrected chi connectivity index (χ1v) is 3.66. The summed E-state index contributed by atoms with van der Waals surface area (Å²) in [5.41, 5.74) is 0. The van der Waals surface area contributed by atoms with Gasteiger partial charge in [0.05, 0.1) is 6.10 Å². The van der Waals surface area contributed by atoms with Crippen LogP contribution in [-0.2, 0) is 4.74 Å². The monoisotopic (exact) mass is 128 g/mol. The highest BCUT2D eigenvalue weighted by atomic mass is 16.5. The number of fused-ring (bicyclic) bond motifs is 1. The van der Waals surface area contributed by atoms with Gasteiger partial charge in [0, 0.05) is 13.2 Å². The predicted octanol–water partition coefficient (Wildman–Crippen LogP) is 0.404. The van der Waals surface area contributed by atoms with Crippen molar-refractivity contribution < 1.29 is 9.84 Å². The van der Waals surface area contributed by atoms with Crippen LogP contribution < -0.4 is 0 Å². The van der Waals surface area contributed by atoms with E-state index in [0.29, 0.717) is 18.6 Å². The van der Waals surface area contributed by atoms with Gasteiger partial charge in [0.15, 0.2) is 0 Å². The van der Waals surface area contributed by atoms with Gasteiger partial charge in [0.1, 0.15) is 0 Å². The third-order valence-corrected chi connectivity index (χ3v) is 2.48. The van der Waals surface area contributed by atoms with Crippen molar-refractivity contribution in [2.45, 2.75) is 18.9 Å². The quantitative estimate of drug-likeness (QED) is 0.583. The molecule has 2 nitrogen and oxygen atoms in total. The van der Waals surface area contributed by atoms with E-state index in [1.165, 1.54) is 6.42 Å². The van der Waals surface area contributed by atoms with Gasteiger partial charge >= 0.3 is 0 Å². The van der Waals surface area contributed by atoms with Crippen molar-refractivity contribution in [2.75, 3.05) is 13.2 Å². The zero-order valence-electron chi connectivity index (χ0n) is 5.42. The second-order valence-corrected chi connectivity index (χ2v) is 2.96. The zero-order chi connectivity index (χ0) is 6.27. The molecule has 0 aromatic heterocycles. The molecular formula is C7H12O2. The Kier molecular flexibility index (Phi) is 1.24. The Hall–Kier alpha value is -0.0800. The molecule has 1 saturated carbocycles. The van der Waals surface area contributed by atoms with Gasteiger partial charge in [-0.3, -0.25) is 0 Å². The van der Waals surface area contributed by atoms with E-state index in [0.717, 1.165) is 18.9 Å². The largest absolute Gasteiger partial charge is 0.396 e. The highest BCUT2D eigenvalue weighted by Gasteiger charge is 2.53. The summed E-state index contributed by atoms with van der Waals surface area (Å²) in [6.45, 7) is 1.29. The number of aliphatic hydroxyl groups excluding tert-OH is 1. The van der Waals surface area contributed by atoms with E-state index in [1.54, 1.807) is 0 Å². The average molecular weight is 128 g/mol. The summed E-state index contributed by atoms with van der Waals surface area (Å²) in [7, 11) is 0. The Bertz CT molecular complexity index is 103. The minimum atomic E-state index is 0.334. The van der Waals surface area contributed by atoms with Gasteiger partial charge in [0.25, 0.3) is 0 Å². The van der Waals surface area contributed by atoms with Crippen molar-refractivity contribution in [3.05, 3.63) is 0 Å². The smallest absolute Gasteiger partial charge is 0.0640 e. The Morgan fingerprint density at radius 3 is 3.00 bits per heavy atom. The first-order valence-electron chi connectivity index (χ1n) is 3.66. The second-order valence-electron chi connectivity index (χ2n) is 2.96. The fourth-order valence-electron chi connectivity index (χ4n) is 1.90. The Balaban J connectivity index is 1.81. The molecule has 3 unspecified atom stereocenters. The topological polar surface area (TPSA) is 29.5 Å². The fourth-order valence-corrected chi connectivity index (χ4v) is 1.90. The van der Waals surface area contributed by atoms with Crippen molar-refractivity contribution in [3.8, 4) is 0 Å². The summed E-state index contributed by atoms with van der Waals surface area (Å²) in [5.74, 6) is 1.53. The minimum Gasteiger partial charge on any atom is -0.396 e. The Morgan fingerprint density at radius 1 is 1.56 bits per heavy atom. The summed E-state index contributed by atoms with van der Waals surface area (Å²) >= 11 is 0. The molecule has 2 aliphatic rings. The van der Waals surface area contributed by atoms with Gasteiger partial charge in [-0.15, -0.1) is 0 Å². The van der Waals surface area contributed by atoms with Gasteiger partial charge < -0.3 is 9.84 Å². The lowest BCUT2D eigenvalue weighted by Crippen LogP contribution is -1.98. The minimum absolute atomic E-state index is 0.334. The summed E-state index contributed by atoms with van der Waals surface area (Å²) in [5, 5.41) is 8.58. The molecule has 1 heterocycles. The molecule has 9 heavy (non-hydrogen) atoms. The predicted molar refractivity (Wildman–Crippen MR) is 33.0 cm³/mol. The normalized spacial score (nSPS) is 47.0. The van der Waals surface area contributed by atoms with Gasteiger partial charge in [-0.2, -0.15) is 0 Å². The molecule has 52 valence electrons. The molecular weight excluding hydrogens is 116 g/mol. The molecule has 1 aliphatic carbocycles. The van der Waals surface area contributed by atoms with Crippen LogP contribution in [0.4, 0.5) is 0 Å². The van der Waals surface area contributed by atoms with E-state index in [4.69, 9.17) is 9.84 Å². The first-order chi connectivity index (χ1) is 4.43. The Morgan fingerprint density at radius 2 is 2.44 bits per heavy atom. The summed E-state index contributed by atoms with van der Waals surface area (Å²) in [6.07, 6.45) is 2.72. The zero-order valence-corrected chi connectivity index (χ0v) is 5.42. The van der Waals surface area contributed by atoms with Crippen LogP contribution in [-0.4, -0.2) is 24.4 Å². The van der Waals surface area contributed by atoms with Crippen LogP contribution in [0, 0.1) is 11.8 Å². The lowest BCUT2D eigenvalue weighted by atomic mass is 10.2. The molecule has 0 spiro atoms. The fraction of sp³-hybridized carbons (Fsp3) is 1.00. The van der Waals surface area contributed by atoms with Crippen LogP contribution in [0.5, 0.6) is 0 Å². The molecule has 2 heteroatoms. The maximum atomic E-state index is 8.58. The Labute approximate surface area is 54.8 Å². The van der Waals surface area contributed by atoms with Gasteiger partial charge in [-0.1, -0.05) is 0 Å². The van der Waals surface area contributed by atoms with E-state index in [2.05, 4.69) is 0 Å². The maximum absolute atomic E-state index is 8.58. The van der Waals surface area contributed by atoms with E-state index >= 15 is 0 Å². The summed E-state index contributed by atoms with van der Waals surface area (Å²) < 4.78 is 5.38. The molecule has 0 radical (unpaired) electrons. The molecule has 0 bridgehead atoms. The van der Waals surface area contributed by atoms with Crippen molar-refractivity contribution in [1.29, 1.82) is 0 Å². The van der Waals surface area contributed by atoms with Gasteiger partial charge in [-0.05, 0) is 24.7 Å². The molecule has 0 aromatic rings. The van der Waals surface area contributed by atoms with Crippen molar-refractivity contribution >= 4 is 0 Å². The number of aliphatic hydroxyl groups is 1. The SMILES string of the molecule is OCCC1C2CCOC12. The molecule has 1 aliphatic heterocycles. The van der Waals surface area contributed by atoms with Gasteiger partial charge in [0.2, 0.25) is 0 Å².